The minimum Gasteiger partial charge on any atom is -0.383 e. The summed E-state index contributed by atoms with van der Waals surface area (Å²) in [5.74, 6) is -0.303. The summed E-state index contributed by atoms with van der Waals surface area (Å²) in [6, 6.07) is 3.99. The second-order valence-electron chi connectivity index (χ2n) is 3.96. The van der Waals surface area contributed by atoms with Crippen LogP contribution in [0.1, 0.15) is 17.3 Å². The number of carbonyl (C=O) groups excluding carboxylic acids is 1. The van der Waals surface area contributed by atoms with Gasteiger partial charge in [-0.3, -0.25) is 4.79 Å². The molecule has 0 unspecified atom stereocenters. The van der Waals surface area contributed by atoms with Gasteiger partial charge in [0.2, 0.25) is 0 Å². The summed E-state index contributed by atoms with van der Waals surface area (Å²) in [4.78, 5) is 13.5. The van der Waals surface area contributed by atoms with Crippen LogP contribution in [0.2, 0.25) is 5.02 Å². The van der Waals surface area contributed by atoms with Gasteiger partial charge in [0.25, 0.3) is 15.0 Å². The van der Waals surface area contributed by atoms with Crippen molar-refractivity contribution in [1.82, 2.24) is 4.90 Å². The molecular formula is C12H15Cl2NO4S. The summed E-state index contributed by atoms with van der Waals surface area (Å²) in [7, 11) is 2.83. The molecule has 0 spiro atoms. The fraction of sp³-hybridized carbons (Fsp3) is 0.417. The third-order valence-corrected chi connectivity index (χ3v) is 4.48. The van der Waals surface area contributed by atoms with E-state index in [1.54, 1.807) is 7.11 Å². The van der Waals surface area contributed by atoms with Gasteiger partial charge in [0.15, 0.2) is 0 Å². The lowest BCUT2D eigenvalue weighted by Gasteiger charge is -2.20. The first-order chi connectivity index (χ1) is 9.31. The molecule has 5 nitrogen and oxygen atoms in total. The smallest absolute Gasteiger partial charge is 0.262 e. The average molecular weight is 340 g/mol. The monoisotopic (exact) mass is 339 g/mol. The maximum atomic E-state index is 12.3. The van der Waals surface area contributed by atoms with Crippen molar-refractivity contribution in [3.05, 3.63) is 28.8 Å². The summed E-state index contributed by atoms with van der Waals surface area (Å²) < 4.78 is 27.7. The standard InChI is InChI=1S/C12H15Cl2NO4S/c1-3-15(6-7-19-2)12(16)9-4-5-10(13)11(8-9)20(14,17)18/h4-5,8H,3,6-7H2,1-2H3. The van der Waals surface area contributed by atoms with E-state index in [0.717, 1.165) is 0 Å². The van der Waals surface area contributed by atoms with Crippen molar-refractivity contribution in [2.75, 3.05) is 26.8 Å². The van der Waals surface area contributed by atoms with E-state index >= 15 is 0 Å². The van der Waals surface area contributed by atoms with Gasteiger partial charge in [-0.15, -0.1) is 0 Å². The van der Waals surface area contributed by atoms with Gasteiger partial charge in [0.05, 0.1) is 11.6 Å². The zero-order chi connectivity index (χ0) is 15.3. The van der Waals surface area contributed by atoms with Crippen molar-refractivity contribution in [1.29, 1.82) is 0 Å². The second-order valence-corrected chi connectivity index (χ2v) is 6.90. The van der Waals surface area contributed by atoms with Crippen LogP contribution in [0, 0.1) is 0 Å². The summed E-state index contributed by atoms with van der Waals surface area (Å²) in [5.41, 5.74) is 0.214. The highest BCUT2D eigenvalue weighted by atomic mass is 35.7. The molecule has 0 heterocycles. The first-order valence-electron chi connectivity index (χ1n) is 5.83. The minimum atomic E-state index is -3.99. The highest BCUT2D eigenvalue weighted by Crippen LogP contribution is 2.26. The van der Waals surface area contributed by atoms with E-state index in [-0.39, 0.29) is 21.4 Å². The molecule has 0 atom stereocenters. The fourth-order valence-electron chi connectivity index (χ4n) is 1.61. The second kappa shape index (κ2) is 7.26. The molecule has 0 aliphatic heterocycles. The largest absolute Gasteiger partial charge is 0.383 e. The molecule has 0 fully saturated rings. The van der Waals surface area contributed by atoms with Crippen LogP contribution in [0.15, 0.2) is 23.1 Å². The Labute approximate surface area is 127 Å². The predicted octanol–water partition coefficient (Wildman–Crippen LogP) is 2.38. The molecule has 20 heavy (non-hydrogen) atoms. The van der Waals surface area contributed by atoms with E-state index in [9.17, 15) is 13.2 Å². The number of hydrogen-bond donors (Lipinski definition) is 0. The van der Waals surface area contributed by atoms with Crippen molar-refractivity contribution in [3.8, 4) is 0 Å². The van der Waals surface area contributed by atoms with Crippen LogP contribution < -0.4 is 0 Å². The Balaban J connectivity index is 3.11. The van der Waals surface area contributed by atoms with Crippen molar-refractivity contribution in [2.24, 2.45) is 0 Å². The number of halogens is 2. The summed E-state index contributed by atoms with van der Waals surface area (Å²) in [6.07, 6.45) is 0. The van der Waals surface area contributed by atoms with Gasteiger partial charge in [-0.25, -0.2) is 8.42 Å². The zero-order valence-corrected chi connectivity index (χ0v) is 13.4. The lowest BCUT2D eigenvalue weighted by molar-refractivity contribution is 0.0706. The number of methoxy groups -OCH3 is 1. The number of nitrogens with zero attached hydrogens (tertiary/aromatic N) is 1. The summed E-state index contributed by atoms with van der Waals surface area (Å²) in [6.45, 7) is 3.11. The van der Waals surface area contributed by atoms with Crippen molar-refractivity contribution in [2.45, 2.75) is 11.8 Å². The molecule has 0 aliphatic carbocycles. The van der Waals surface area contributed by atoms with Gasteiger partial charge in [-0.2, -0.15) is 0 Å². The van der Waals surface area contributed by atoms with Crippen LogP contribution in [0.5, 0.6) is 0 Å². The van der Waals surface area contributed by atoms with Gasteiger partial charge in [-0.1, -0.05) is 11.6 Å². The SMILES string of the molecule is CCN(CCOC)C(=O)c1ccc(Cl)c(S(=O)(=O)Cl)c1. The van der Waals surface area contributed by atoms with E-state index in [1.165, 1.54) is 23.1 Å². The minimum absolute atomic E-state index is 0.0171. The van der Waals surface area contributed by atoms with Crippen LogP contribution in [0.25, 0.3) is 0 Å². The highest BCUT2D eigenvalue weighted by Gasteiger charge is 2.20. The topological polar surface area (TPSA) is 63.7 Å². The summed E-state index contributed by atoms with van der Waals surface area (Å²) >= 11 is 5.77. The predicted molar refractivity (Wildman–Crippen MR) is 77.9 cm³/mol. The molecule has 0 aliphatic rings. The molecule has 1 amide bonds. The normalized spacial score (nSPS) is 11.4. The van der Waals surface area contributed by atoms with E-state index < -0.39 is 9.05 Å². The molecule has 0 saturated heterocycles. The Bertz CT molecular complexity index is 589. The number of carbonyl (C=O) groups is 1. The van der Waals surface area contributed by atoms with Crippen molar-refractivity contribution < 1.29 is 17.9 Å². The van der Waals surface area contributed by atoms with Crippen molar-refractivity contribution >= 4 is 37.2 Å². The van der Waals surface area contributed by atoms with Gasteiger partial charge >= 0.3 is 0 Å². The van der Waals surface area contributed by atoms with Crippen LogP contribution in [0.4, 0.5) is 0 Å². The molecule has 0 N–H and O–H groups in total. The van der Waals surface area contributed by atoms with Gasteiger partial charge < -0.3 is 9.64 Å². The van der Waals surface area contributed by atoms with E-state index in [1.807, 2.05) is 6.92 Å². The molecule has 0 saturated carbocycles. The third-order valence-electron chi connectivity index (χ3n) is 2.68. The first-order valence-corrected chi connectivity index (χ1v) is 8.52. The molecule has 8 heteroatoms. The fourth-order valence-corrected chi connectivity index (χ4v) is 3.10. The first kappa shape index (κ1) is 17.2. The number of amides is 1. The van der Waals surface area contributed by atoms with Gasteiger partial charge in [-0.05, 0) is 25.1 Å². The van der Waals surface area contributed by atoms with Crippen LogP contribution >= 0.6 is 22.3 Å². The Kier molecular flexibility index (Phi) is 6.26. The van der Waals surface area contributed by atoms with Gasteiger partial charge in [0.1, 0.15) is 4.90 Å². The maximum absolute atomic E-state index is 12.3. The van der Waals surface area contributed by atoms with Gasteiger partial charge in [0, 0.05) is 36.4 Å². The number of hydrogen-bond acceptors (Lipinski definition) is 4. The Hall–Kier alpha value is -0.820. The number of benzene rings is 1. The Morgan fingerprint density at radius 1 is 1.40 bits per heavy atom. The maximum Gasteiger partial charge on any atom is 0.262 e. The molecule has 1 aromatic carbocycles. The quantitative estimate of drug-likeness (QED) is 0.746. The van der Waals surface area contributed by atoms with Crippen LogP contribution in [-0.2, 0) is 13.8 Å². The Morgan fingerprint density at radius 3 is 2.55 bits per heavy atom. The van der Waals surface area contributed by atoms with E-state index in [0.29, 0.717) is 19.7 Å². The van der Waals surface area contributed by atoms with E-state index in [2.05, 4.69) is 0 Å². The third kappa shape index (κ3) is 4.34. The number of ether oxygens (including phenoxy) is 1. The summed E-state index contributed by atoms with van der Waals surface area (Å²) in [5, 5.41) is -0.0171. The average Bonchev–Trinajstić information content (AvgIpc) is 2.38. The van der Waals surface area contributed by atoms with Crippen molar-refractivity contribution in [3.63, 3.8) is 0 Å². The lowest BCUT2D eigenvalue weighted by atomic mass is 10.2. The molecular weight excluding hydrogens is 325 g/mol. The number of likely N-dealkylation sites (N-methyl/N-ethyl adjacent to an activating group) is 1. The van der Waals surface area contributed by atoms with Crippen LogP contribution in [0.3, 0.4) is 0 Å². The van der Waals surface area contributed by atoms with Crippen LogP contribution in [-0.4, -0.2) is 46.0 Å². The highest BCUT2D eigenvalue weighted by molar-refractivity contribution is 8.13. The zero-order valence-electron chi connectivity index (χ0n) is 11.1. The lowest BCUT2D eigenvalue weighted by Crippen LogP contribution is -2.33. The molecule has 1 aromatic rings. The molecule has 0 bridgehead atoms. The molecule has 0 radical (unpaired) electrons. The number of rotatable bonds is 6. The molecule has 0 aromatic heterocycles. The molecule has 1 rings (SSSR count). The Morgan fingerprint density at radius 2 is 2.05 bits per heavy atom. The molecule has 112 valence electrons. The van der Waals surface area contributed by atoms with E-state index in [4.69, 9.17) is 27.0 Å².